The van der Waals surface area contributed by atoms with Crippen molar-refractivity contribution < 1.29 is 9.84 Å². The van der Waals surface area contributed by atoms with Crippen LogP contribution in [0.4, 0.5) is 0 Å². The third kappa shape index (κ3) is 6.92. The molecule has 0 heterocycles. The molecule has 0 saturated heterocycles. The molecule has 0 bridgehead atoms. The normalized spacial score (nSPS) is 14.3. The predicted molar refractivity (Wildman–Crippen MR) is 84.2 cm³/mol. The van der Waals surface area contributed by atoms with Crippen LogP contribution in [0.3, 0.4) is 0 Å². The fourth-order valence-electron chi connectivity index (χ4n) is 1.99. The number of ether oxygens (including phenoxy) is 1. The molecule has 2 N–H and O–H groups in total. The van der Waals surface area contributed by atoms with Gasteiger partial charge in [-0.15, -0.1) is 0 Å². The van der Waals surface area contributed by atoms with Crippen LogP contribution in [0.2, 0.25) is 0 Å². The Morgan fingerprint density at radius 3 is 2.50 bits per heavy atom. The van der Waals surface area contributed by atoms with E-state index >= 15 is 0 Å². The van der Waals surface area contributed by atoms with Gasteiger partial charge in [0.05, 0.1) is 0 Å². The highest BCUT2D eigenvalue weighted by molar-refractivity contribution is 5.31. The maximum absolute atomic E-state index is 9.94. The summed E-state index contributed by atoms with van der Waals surface area (Å²) in [6.45, 7) is 9.54. The molecule has 0 aliphatic heterocycles. The second-order valence-electron chi connectivity index (χ2n) is 6.01. The minimum Gasteiger partial charge on any atom is -0.491 e. The SMILES string of the molecule is Cc1ccccc1OCC(O)CNC(C)CCC(C)C. The van der Waals surface area contributed by atoms with Gasteiger partial charge in [-0.25, -0.2) is 0 Å². The number of hydrogen-bond acceptors (Lipinski definition) is 3. The predicted octanol–water partition coefficient (Wildman–Crippen LogP) is 3.15. The molecule has 0 radical (unpaired) electrons. The maximum Gasteiger partial charge on any atom is 0.122 e. The molecule has 20 heavy (non-hydrogen) atoms. The molecule has 2 unspecified atom stereocenters. The van der Waals surface area contributed by atoms with Gasteiger partial charge in [0.25, 0.3) is 0 Å². The number of benzene rings is 1. The molecule has 0 amide bonds. The van der Waals surface area contributed by atoms with E-state index in [0.717, 1.165) is 23.7 Å². The van der Waals surface area contributed by atoms with Crippen molar-refractivity contribution in [1.29, 1.82) is 0 Å². The molecule has 0 aliphatic rings. The van der Waals surface area contributed by atoms with Crippen LogP contribution in [-0.2, 0) is 0 Å². The van der Waals surface area contributed by atoms with E-state index in [2.05, 4.69) is 26.1 Å². The molecule has 0 fully saturated rings. The van der Waals surface area contributed by atoms with Crippen LogP contribution in [0.1, 0.15) is 39.2 Å². The van der Waals surface area contributed by atoms with Gasteiger partial charge >= 0.3 is 0 Å². The first-order valence-corrected chi connectivity index (χ1v) is 7.59. The summed E-state index contributed by atoms with van der Waals surface area (Å²) in [5.41, 5.74) is 1.10. The first kappa shape index (κ1) is 17.0. The van der Waals surface area contributed by atoms with E-state index in [1.54, 1.807) is 0 Å². The Hall–Kier alpha value is -1.06. The van der Waals surface area contributed by atoms with Gasteiger partial charge in [0.2, 0.25) is 0 Å². The van der Waals surface area contributed by atoms with Crippen molar-refractivity contribution in [2.75, 3.05) is 13.2 Å². The Balaban J connectivity index is 2.20. The Labute approximate surface area is 123 Å². The second kappa shape index (κ2) is 8.98. The van der Waals surface area contributed by atoms with Crippen molar-refractivity contribution in [3.05, 3.63) is 29.8 Å². The molecule has 1 aromatic rings. The highest BCUT2D eigenvalue weighted by Gasteiger charge is 2.09. The summed E-state index contributed by atoms with van der Waals surface area (Å²) < 4.78 is 5.64. The van der Waals surface area contributed by atoms with Crippen molar-refractivity contribution in [2.45, 2.75) is 52.7 Å². The quantitative estimate of drug-likeness (QED) is 0.729. The minimum absolute atomic E-state index is 0.328. The average molecular weight is 279 g/mol. The van der Waals surface area contributed by atoms with Crippen LogP contribution in [0.15, 0.2) is 24.3 Å². The Morgan fingerprint density at radius 1 is 1.15 bits per heavy atom. The number of para-hydroxylation sites is 1. The molecule has 3 nitrogen and oxygen atoms in total. The fraction of sp³-hybridized carbons (Fsp3) is 0.647. The topological polar surface area (TPSA) is 41.5 Å². The molecule has 0 spiro atoms. The monoisotopic (exact) mass is 279 g/mol. The summed E-state index contributed by atoms with van der Waals surface area (Å²) in [5, 5.41) is 13.3. The lowest BCUT2D eigenvalue weighted by Gasteiger charge is -2.18. The van der Waals surface area contributed by atoms with Crippen LogP contribution >= 0.6 is 0 Å². The van der Waals surface area contributed by atoms with E-state index in [-0.39, 0.29) is 0 Å². The van der Waals surface area contributed by atoms with E-state index in [4.69, 9.17) is 4.74 Å². The molecule has 0 saturated carbocycles. The van der Waals surface area contributed by atoms with Crippen molar-refractivity contribution in [1.82, 2.24) is 5.32 Å². The van der Waals surface area contributed by atoms with Crippen molar-refractivity contribution in [2.24, 2.45) is 5.92 Å². The number of nitrogens with one attached hydrogen (secondary N) is 1. The van der Waals surface area contributed by atoms with Crippen LogP contribution in [0.5, 0.6) is 5.75 Å². The third-order valence-corrected chi connectivity index (χ3v) is 3.40. The highest BCUT2D eigenvalue weighted by atomic mass is 16.5. The van der Waals surface area contributed by atoms with Crippen molar-refractivity contribution in [3.8, 4) is 5.75 Å². The zero-order valence-electron chi connectivity index (χ0n) is 13.2. The van der Waals surface area contributed by atoms with Gasteiger partial charge in [0.15, 0.2) is 0 Å². The van der Waals surface area contributed by atoms with E-state index in [1.807, 2.05) is 31.2 Å². The van der Waals surface area contributed by atoms with Crippen LogP contribution in [0.25, 0.3) is 0 Å². The highest BCUT2D eigenvalue weighted by Crippen LogP contribution is 2.16. The summed E-state index contributed by atoms with van der Waals surface area (Å²) in [4.78, 5) is 0. The van der Waals surface area contributed by atoms with Gasteiger partial charge in [-0.1, -0.05) is 32.0 Å². The fourth-order valence-corrected chi connectivity index (χ4v) is 1.99. The Bertz CT molecular complexity index is 379. The smallest absolute Gasteiger partial charge is 0.122 e. The first-order chi connectivity index (χ1) is 9.49. The summed E-state index contributed by atoms with van der Waals surface area (Å²) >= 11 is 0. The van der Waals surface area contributed by atoms with E-state index < -0.39 is 6.10 Å². The molecule has 3 heteroatoms. The standard InChI is InChI=1S/C17H29NO2/c1-13(2)9-10-15(4)18-11-16(19)12-20-17-8-6-5-7-14(17)3/h5-8,13,15-16,18-19H,9-12H2,1-4H3. The number of aliphatic hydroxyl groups excluding tert-OH is 1. The lowest BCUT2D eigenvalue weighted by molar-refractivity contribution is 0.103. The summed E-state index contributed by atoms with van der Waals surface area (Å²) in [7, 11) is 0. The van der Waals surface area contributed by atoms with Gasteiger partial charge in [-0.2, -0.15) is 0 Å². The molecular formula is C17H29NO2. The molecule has 2 atom stereocenters. The van der Waals surface area contributed by atoms with Crippen LogP contribution in [0, 0.1) is 12.8 Å². The summed E-state index contributed by atoms with van der Waals surface area (Å²) in [5.74, 6) is 1.58. The second-order valence-corrected chi connectivity index (χ2v) is 6.01. The zero-order valence-corrected chi connectivity index (χ0v) is 13.2. The number of aryl methyl sites for hydroxylation is 1. The van der Waals surface area contributed by atoms with E-state index in [9.17, 15) is 5.11 Å². The number of rotatable bonds is 9. The minimum atomic E-state index is -0.476. The molecule has 1 aromatic carbocycles. The van der Waals surface area contributed by atoms with Gasteiger partial charge in [-0.3, -0.25) is 0 Å². The van der Waals surface area contributed by atoms with Gasteiger partial charge in [-0.05, 0) is 44.2 Å². The Kier molecular flexibility index (Phi) is 7.63. The lowest BCUT2D eigenvalue weighted by Crippen LogP contribution is -2.36. The average Bonchev–Trinajstić information content (AvgIpc) is 2.42. The Morgan fingerprint density at radius 2 is 1.85 bits per heavy atom. The van der Waals surface area contributed by atoms with E-state index in [0.29, 0.717) is 19.2 Å². The molecule has 0 aromatic heterocycles. The van der Waals surface area contributed by atoms with Crippen LogP contribution in [-0.4, -0.2) is 30.4 Å². The van der Waals surface area contributed by atoms with Gasteiger partial charge < -0.3 is 15.2 Å². The molecule has 114 valence electrons. The van der Waals surface area contributed by atoms with E-state index in [1.165, 1.54) is 6.42 Å². The molecular weight excluding hydrogens is 250 g/mol. The summed E-state index contributed by atoms with van der Waals surface area (Å²) in [6, 6.07) is 8.30. The number of aliphatic hydroxyl groups is 1. The number of hydrogen-bond donors (Lipinski definition) is 2. The molecule has 1 rings (SSSR count). The largest absolute Gasteiger partial charge is 0.491 e. The van der Waals surface area contributed by atoms with Crippen LogP contribution < -0.4 is 10.1 Å². The van der Waals surface area contributed by atoms with Crippen molar-refractivity contribution >= 4 is 0 Å². The maximum atomic E-state index is 9.94. The van der Waals surface area contributed by atoms with Gasteiger partial charge in [0, 0.05) is 12.6 Å². The third-order valence-electron chi connectivity index (χ3n) is 3.40. The first-order valence-electron chi connectivity index (χ1n) is 7.59. The van der Waals surface area contributed by atoms with Crippen molar-refractivity contribution in [3.63, 3.8) is 0 Å². The lowest BCUT2D eigenvalue weighted by atomic mass is 10.0. The summed E-state index contributed by atoms with van der Waals surface area (Å²) in [6.07, 6.45) is 1.88. The molecule has 0 aliphatic carbocycles. The van der Waals surface area contributed by atoms with Gasteiger partial charge in [0.1, 0.15) is 18.5 Å². The zero-order chi connectivity index (χ0) is 15.0.